The van der Waals surface area contributed by atoms with Gasteiger partial charge in [-0.1, -0.05) is 0 Å². The standard InChI is InChI=1S/C11H14N4O4/c16-3-7(8(18)4-17)12-1-6-2-13-10-9(6)14-5-15-11(10)19/h2,5,8,13,16-18H,1,3-4H2,(H,14,15,19)/t8-/m1/s1. The zero-order valence-electron chi connectivity index (χ0n) is 10.00. The van der Waals surface area contributed by atoms with Crippen LogP contribution in [-0.4, -0.2) is 55.3 Å². The summed E-state index contributed by atoms with van der Waals surface area (Å²) in [7, 11) is 0. The molecule has 19 heavy (non-hydrogen) atoms. The minimum atomic E-state index is -1.19. The molecular formula is C11H14N4O4. The van der Waals surface area contributed by atoms with Crippen molar-refractivity contribution in [3.05, 3.63) is 28.4 Å². The van der Waals surface area contributed by atoms with Crippen molar-refractivity contribution in [2.24, 2.45) is 4.99 Å². The molecule has 2 heterocycles. The van der Waals surface area contributed by atoms with Gasteiger partial charge in [0, 0.05) is 11.8 Å². The summed E-state index contributed by atoms with van der Waals surface area (Å²) in [6, 6.07) is 0. The van der Waals surface area contributed by atoms with Gasteiger partial charge in [-0.25, -0.2) is 4.98 Å². The van der Waals surface area contributed by atoms with Crippen molar-refractivity contribution in [3.63, 3.8) is 0 Å². The van der Waals surface area contributed by atoms with E-state index in [4.69, 9.17) is 10.2 Å². The number of fused-ring (bicyclic) bond motifs is 1. The van der Waals surface area contributed by atoms with Crippen LogP contribution >= 0.6 is 0 Å². The fourth-order valence-electron chi connectivity index (χ4n) is 1.68. The van der Waals surface area contributed by atoms with E-state index in [0.29, 0.717) is 16.6 Å². The molecule has 102 valence electrons. The summed E-state index contributed by atoms with van der Waals surface area (Å²) in [6.45, 7) is -0.813. The first-order chi connectivity index (χ1) is 9.17. The van der Waals surface area contributed by atoms with E-state index in [0.717, 1.165) is 0 Å². The van der Waals surface area contributed by atoms with Crippen molar-refractivity contribution in [1.82, 2.24) is 15.0 Å². The lowest BCUT2D eigenvalue weighted by Crippen LogP contribution is -2.27. The second-order valence-corrected chi connectivity index (χ2v) is 3.93. The second kappa shape index (κ2) is 5.74. The van der Waals surface area contributed by atoms with E-state index >= 15 is 0 Å². The zero-order valence-corrected chi connectivity index (χ0v) is 10.00. The van der Waals surface area contributed by atoms with E-state index in [-0.39, 0.29) is 17.8 Å². The monoisotopic (exact) mass is 266 g/mol. The van der Waals surface area contributed by atoms with Gasteiger partial charge in [-0.2, -0.15) is 0 Å². The van der Waals surface area contributed by atoms with Crippen LogP contribution < -0.4 is 5.56 Å². The maximum atomic E-state index is 11.5. The molecule has 5 N–H and O–H groups in total. The number of rotatable bonds is 5. The highest BCUT2D eigenvalue weighted by molar-refractivity contribution is 5.89. The molecule has 2 aromatic rings. The number of aromatic nitrogens is 3. The SMILES string of the molecule is O=c1[nH]cnc2c(CN=C(CO)[C@H](O)CO)c[nH]c12. The maximum Gasteiger partial charge on any atom is 0.275 e. The highest BCUT2D eigenvalue weighted by Gasteiger charge is 2.11. The van der Waals surface area contributed by atoms with Gasteiger partial charge in [0.15, 0.2) is 0 Å². The number of aliphatic hydroxyl groups is 3. The first-order valence-corrected chi connectivity index (χ1v) is 5.64. The van der Waals surface area contributed by atoms with E-state index in [1.807, 2.05) is 0 Å². The third-order valence-electron chi connectivity index (χ3n) is 2.72. The van der Waals surface area contributed by atoms with Crippen LogP contribution in [-0.2, 0) is 6.54 Å². The van der Waals surface area contributed by atoms with E-state index in [1.165, 1.54) is 6.33 Å². The largest absolute Gasteiger partial charge is 0.393 e. The third kappa shape index (κ3) is 2.70. The average molecular weight is 266 g/mol. The second-order valence-electron chi connectivity index (χ2n) is 3.93. The van der Waals surface area contributed by atoms with Gasteiger partial charge in [0.1, 0.15) is 17.1 Å². The molecule has 2 rings (SSSR count). The molecule has 0 radical (unpaired) electrons. The molecule has 0 aliphatic carbocycles. The van der Waals surface area contributed by atoms with E-state index in [2.05, 4.69) is 19.9 Å². The number of H-pyrrole nitrogens is 2. The van der Waals surface area contributed by atoms with Crippen molar-refractivity contribution in [1.29, 1.82) is 0 Å². The summed E-state index contributed by atoms with van der Waals surface area (Å²) in [6.07, 6.45) is 1.70. The molecule has 0 fully saturated rings. The fraction of sp³-hybridized carbons (Fsp3) is 0.364. The smallest absolute Gasteiger partial charge is 0.275 e. The molecule has 8 nitrogen and oxygen atoms in total. The van der Waals surface area contributed by atoms with Crippen molar-refractivity contribution in [2.45, 2.75) is 12.6 Å². The molecule has 8 heteroatoms. The first-order valence-electron chi connectivity index (χ1n) is 5.64. The Hall–Kier alpha value is -2.03. The maximum absolute atomic E-state index is 11.5. The highest BCUT2D eigenvalue weighted by atomic mass is 16.3. The number of aliphatic imine (C=N–C) groups is 1. The summed E-state index contributed by atoms with van der Waals surface area (Å²) in [4.78, 5) is 24.8. The van der Waals surface area contributed by atoms with E-state index in [9.17, 15) is 9.90 Å². The molecule has 1 atom stereocenters. The molecule has 0 aliphatic heterocycles. The van der Waals surface area contributed by atoms with Crippen molar-refractivity contribution >= 4 is 16.7 Å². The number of aromatic amines is 2. The van der Waals surface area contributed by atoms with Gasteiger partial charge in [-0.3, -0.25) is 9.79 Å². The van der Waals surface area contributed by atoms with Gasteiger partial charge in [0.2, 0.25) is 0 Å². The molecule has 0 spiro atoms. The molecule has 2 aromatic heterocycles. The summed E-state index contributed by atoms with van der Waals surface area (Å²) in [5.41, 5.74) is 1.31. The van der Waals surface area contributed by atoms with Gasteiger partial charge in [0.05, 0.1) is 31.8 Å². The number of nitrogens with zero attached hydrogens (tertiary/aromatic N) is 2. The van der Waals surface area contributed by atoms with Crippen molar-refractivity contribution in [3.8, 4) is 0 Å². The molecule has 0 aliphatic rings. The Morgan fingerprint density at radius 1 is 1.42 bits per heavy atom. The van der Waals surface area contributed by atoms with Gasteiger partial charge in [-0.05, 0) is 0 Å². The van der Waals surface area contributed by atoms with Crippen LogP contribution in [0.2, 0.25) is 0 Å². The van der Waals surface area contributed by atoms with Crippen molar-refractivity contribution in [2.75, 3.05) is 13.2 Å². The molecule has 0 amide bonds. The molecule has 0 unspecified atom stereocenters. The third-order valence-corrected chi connectivity index (χ3v) is 2.72. The lowest BCUT2D eigenvalue weighted by Gasteiger charge is -2.08. The molecular weight excluding hydrogens is 252 g/mol. The number of hydrogen-bond donors (Lipinski definition) is 5. The minimum absolute atomic E-state index is 0.0849. The summed E-state index contributed by atoms with van der Waals surface area (Å²) in [5, 5.41) is 27.2. The fourth-order valence-corrected chi connectivity index (χ4v) is 1.68. The Balaban J connectivity index is 2.29. The van der Waals surface area contributed by atoms with Gasteiger partial charge >= 0.3 is 0 Å². The lowest BCUT2D eigenvalue weighted by atomic mass is 10.2. The topological polar surface area (TPSA) is 135 Å². The van der Waals surface area contributed by atoms with Crippen LogP contribution in [0, 0.1) is 0 Å². The summed E-state index contributed by atoms with van der Waals surface area (Å²) < 4.78 is 0. The van der Waals surface area contributed by atoms with Gasteiger partial charge in [-0.15, -0.1) is 0 Å². The normalized spacial score (nSPS) is 13.9. The van der Waals surface area contributed by atoms with Crippen LogP contribution in [0.4, 0.5) is 0 Å². The van der Waals surface area contributed by atoms with Crippen molar-refractivity contribution < 1.29 is 15.3 Å². The number of hydrogen-bond acceptors (Lipinski definition) is 6. The van der Waals surface area contributed by atoms with Crippen LogP contribution in [0.5, 0.6) is 0 Å². The first kappa shape index (κ1) is 13.4. The predicted octanol–water partition coefficient (Wildman–Crippen LogP) is -1.46. The predicted molar refractivity (Wildman–Crippen MR) is 68.0 cm³/mol. The van der Waals surface area contributed by atoms with Crippen LogP contribution in [0.15, 0.2) is 22.3 Å². The zero-order chi connectivity index (χ0) is 13.8. The Kier molecular flexibility index (Phi) is 4.05. The van der Waals surface area contributed by atoms with Gasteiger partial charge < -0.3 is 25.3 Å². The molecule has 0 saturated carbocycles. The summed E-state index contributed by atoms with van der Waals surface area (Å²) in [5.74, 6) is 0. The highest BCUT2D eigenvalue weighted by Crippen LogP contribution is 2.12. The molecule has 0 saturated heterocycles. The Morgan fingerprint density at radius 2 is 2.21 bits per heavy atom. The summed E-state index contributed by atoms with van der Waals surface area (Å²) >= 11 is 0. The number of aliphatic hydroxyl groups excluding tert-OH is 3. The van der Waals surface area contributed by atoms with Crippen LogP contribution in [0.3, 0.4) is 0 Å². The van der Waals surface area contributed by atoms with E-state index in [1.54, 1.807) is 6.20 Å². The lowest BCUT2D eigenvalue weighted by molar-refractivity contribution is 0.139. The number of nitrogens with one attached hydrogen (secondary N) is 2. The molecule has 0 aromatic carbocycles. The Morgan fingerprint density at radius 3 is 2.89 bits per heavy atom. The quantitative estimate of drug-likeness (QED) is 0.421. The minimum Gasteiger partial charge on any atom is -0.393 e. The Labute approximate surface area is 107 Å². The van der Waals surface area contributed by atoms with Gasteiger partial charge in [0.25, 0.3) is 5.56 Å². The van der Waals surface area contributed by atoms with Crippen LogP contribution in [0.25, 0.3) is 11.0 Å². The Bertz CT molecular complexity index is 645. The van der Waals surface area contributed by atoms with E-state index < -0.39 is 19.3 Å². The van der Waals surface area contributed by atoms with Crippen LogP contribution in [0.1, 0.15) is 5.56 Å². The molecule has 0 bridgehead atoms. The average Bonchev–Trinajstić information content (AvgIpc) is 2.84.